The first kappa shape index (κ1) is 18.6. The maximum atomic E-state index is 12.0. The van der Waals surface area contributed by atoms with E-state index >= 15 is 0 Å². The molecular formula is C18H22ClN3OS. The maximum absolute atomic E-state index is 12.0. The van der Waals surface area contributed by atoms with Crippen LogP contribution in [0.5, 0.6) is 0 Å². The number of hydrogen-bond donors (Lipinski definition) is 2. The van der Waals surface area contributed by atoms with Gasteiger partial charge in [0.15, 0.2) is 0 Å². The average Bonchev–Trinajstić information content (AvgIpc) is 2.59. The standard InChI is InChI=1S/C18H21N3OS.ClH/c1-19-11-12-20-18(22)10-13-21-14-6-2-4-8-16(14)23-17-9-5-3-7-15(17)21;/h2-9,19H,10-13H2,1H3,(H,20,22);1H. The summed E-state index contributed by atoms with van der Waals surface area (Å²) in [5.74, 6) is 0.0911. The van der Waals surface area contributed by atoms with Crippen LogP contribution in [0, 0.1) is 0 Å². The summed E-state index contributed by atoms with van der Waals surface area (Å²) in [6.45, 7) is 2.14. The van der Waals surface area contributed by atoms with Gasteiger partial charge in [0.1, 0.15) is 0 Å². The van der Waals surface area contributed by atoms with E-state index < -0.39 is 0 Å². The summed E-state index contributed by atoms with van der Waals surface area (Å²) in [6, 6.07) is 16.7. The third kappa shape index (κ3) is 4.23. The zero-order chi connectivity index (χ0) is 16.1. The highest BCUT2D eigenvalue weighted by molar-refractivity contribution is 7.99. The minimum Gasteiger partial charge on any atom is -0.355 e. The summed E-state index contributed by atoms with van der Waals surface area (Å²) in [6.07, 6.45) is 0.483. The van der Waals surface area contributed by atoms with Gasteiger partial charge in [-0.2, -0.15) is 0 Å². The van der Waals surface area contributed by atoms with Crippen LogP contribution in [0.25, 0.3) is 0 Å². The lowest BCUT2D eigenvalue weighted by molar-refractivity contribution is -0.120. The first-order valence-electron chi connectivity index (χ1n) is 7.84. The Labute approximate surface area is 153 Å². The van der Waals surface area contributed by atoms with Gasteiger partial charge in [-0.25, -0.2) is 0 Å². The smallest absolute Gasteiger partial charge is 0.221 e. The molecule has 4 nitrogen and oxygen atoms in total. The van der Waals surface area contributed by atoms with Crippen LogP contribution >= 0.6 is 24.2 Å². The van der Waals surface area contributed by atoms with Gasteiger partial charge in [0.25, 0.3) is 0 Å². The molecule has 2 aromatic rings. The van der Waals surface area contributed by atoms with Crippen LogP contribution in [0.3, 0.4) is 0 Å². The molecule has 2 N–H and O–H groups in total. The third-order valence-electron chi connectivity index (χ3n) is 3.79. The van der Waals surface area contributed by atoms with Crippen LogP contribution in [0.4, 0.5) is 11.4 Å². The normalized spacial score (nSPS) is 12.0. The van der Waals surface area contributed by atoms with E-state index in [9.17, 15) is 4.79 Å². The Morgan fingerprint density at radius 2 is 1.58 bits per heavy atom. The Morgan fingerprint density at radius 3 is 2.17 bits per heavy atom. The number of hydrogen-bond acceptors (Lipinski definition) is 4. The fourth-order valence-corrected chi connectivity index (χ4v) is 3.75. The van der Waals surface area contributed by atoms with Gasteiger partial charge in [-0.1, -0.05) is 36.0 Å². The molecule has 1 aliphatic rings. The van der Waals surface area contributed by atoms with Crippen molar-refractivity contribution in [2.24, 2.45) is 0 Å². The van der Waals surface area contributed by atoms with Crippen LogP contribution in [-0.4, -0.2) is 32.6 Å². The highest BCUT2D eigenvalue weighted by atomic mass is 35.5. The number of carbonyl (C=O) groups is 1. The molecule has 0 atom stereocenters. The van der Waals surface area contributed by atoms with Crippen molar-refractivity contribution in [3.05, 3.63) is 48.5 Å². The minimum atomic E-state index is 0. The third-order valence-corrected chi connectivity index (χ3v) is 4.92. The minimum absolute atomic E-state index is 0. The highest BCUT2D eigenvalue weighted by Crippen LogP contribution is 2.47. The molecule has 24 heavy (non-hydrogen) atoms. The molecule has 128 valence electrons. The Kier molecular flexibility index (Phi) is 6.97. The largest absolute Gasteiger partial charge is 0.355 e. The monoisotopic (exact) mass is 363 g/mol. The molecule has 2 aromatic carbocycles. The van der Waals surface area contributed by atoms with E-state index in [1.54, 1.807) is 11.8 Å². The van der Waals surface area contributed by atoms with Crippen molar-refractivity contribution in [3.8, 4) is 0 Å². The van der Waals surface area contributed by atoms with Gasteiger partial charge in [0.2, 0.25) is 5.91 Å². The van der Waals surface area contributed by atoms with E-state index in [2.05, 4.69) is 51.9 Å². The van der Waals surface area contributed by atoms with Gasteiger partial charge in [0.05, 0.1) is 11.4 Å². The number of nitrogens with one attached hydrogen (secondary N) is 2. The Bertz CT molecular complexity index is 650. The molecule has 1 amide bonds. The van der Waals surface area contributed by atoms with Crippen molar-refractivity contribution in [1.82, 2.24) is 10.6 Å². The lowest BCUT2D eigenvalue weighted by Crippen LogP contribution is -2.33. The van der Waals surface area contributed by atoms with Crippen LogP contribution in [-0.2, 0) is 4.79 Å². The first-order valence-corrected chi connectivity index (χ1v) is 8.66. The van der Waals surface area contributed by atoms with E-state index in [4.69, 9.17) is 0 Å². The molecule has 0 fully saturated rings. The number of nitrogens with zero attached hydrogens (tertiary/aromatic N) is 1. The van der Waals surface area contributed by atoms with Gasteiger partial charge in [-0.3, -0.25) is 4.79 Å². The summed E-state index contributed by atoms with van der Waals surface area (Å²) in [5, 5.41) is 5.96. The number of carbonyl (C=O) groups excluding carboxylic acids is 1. The lowest BCUT2D eigenvalue weighted by Gasteiger charge is -2.32. The molecule has 0 bridgehead atoms. The summed E-state index contributed by atoms with van der Waals surface area (Å²) in [4.78, 5) is 16.7. The van der Waals surface area contributed by atoms with Gasteiger partial charge >= 0.3 is 0 Å². The van der Waals surface area contributed by atoms with Crippen molar-refractivity contribution >= 4 is 41.5 Å². The van der Waals surface area contributed by atoms with Gasteiger partial charge in [-0.05, 0) is 31.3 Å². The van der Waals surface area contributed by atoms with Gasteiger partial charge in [0, 0.05) is 35.8 Å². The number of benzene rings is 2. The first-order chi connectivity index (χ1) is 11.3. The zero-order valence-corrected chi connectivity index (χ0v) is 15.3. The van der Waals surface area contributed by atoms with Crippen LogP contribution < -0.4 is 15.5 Å². The van der Waals surface area contributed by atoms with Crippen LogP contribution in [0.2, 0.25) is 0 Å². The molecule has 6 heteroatoms. The number of halogens is 1. The molecule has 3 rings (SSSR count). The van der Waals surface area contributed by atoms with E-state index in [0.29, 0.717) is 19.5 Å². The molecule has 1 heterocycles. The van der Waals surface area contributed by atoms with Gasteiger partial charge in [-0.15, -0.1) is 12.4 Å². The molecule has 0 spiro atoms. The van der Waals surface area contributed by atoms with E-state index in [1.165, 1.54) is 21.2 Å². The number of para-hydroxylation sites is 2. The predicted molar refractivity (Wildman–Crippen MR) is 103 cm³/mol. The molecule has 0 radical (unpaired) electrons. The maximum Gasteiger partial charge on any atom is 0.221 e. The second-order valence-corrected chi connectivity index (χ2v) is 6.48. The topological polar surface area (TPSA) is 44.4 Å². The summed E-state index contributed by atoms with van der Waals surface area (Å²) < 4.78 is 0. The summed E-state index contributed by atoms with van der Waals surface area (Å²) in [5.41, 5.74) is 2.36. The number of likely N-dealkylation sites (N-methyl/N-ethyl adjacent to an activating group) is 1. The predicted octanol–water partition coefficient (Wildman–Crippen LogP) is 3.44. The molecule has 0 aliphatic carbocycles. The van der Waals surface area contributed by atoms with E-state index in [0.717, 1.165) is 6.54 Å². The second-order valence-electron chi connectivity index (χ2n) is 5.39. The molecule has 0 aromatic heterocycles. The SMILES string of the molecule is CNCCNC(=O)CCN1c2ccccc2Sc2ccccc21.Cl. The highest BCUT2D eigenvalue weighted by Gasteiger charge is 2.22. The fourth-order valence-electron chi connectivity index (χ4n) is 2.65. The van der Waals surface area contributed by atoms with Crippen molar-refractivity contribution < 1.29 is 4.79 Å². The van der Waals surface area contributed by atoms with Crippen LogP contribution in [0.1, 0.15) is 6.42 Å². The van der Waals surface area contributed by atoms with Crippen molar-refractivity contribution in [2.45, 2.75) is 16.2 Å². The molecule has 0 saturated carbocycles. The molecular weight excluding hydrogens is 342 g/mol. The molecule has 0 saturated heterocycles. The van der Waals surface area contributed by atoms with E-state index in [-0.39, 0.29) is 18.3 Å². The Morgan fingerprint density at radius 1 is 1.00 bits per heavy atom. The van der Waals surface area contributed by atoms with Crippen molar-refractivity contribution in [1.29, 1.82) is 0 Å². The Hall–Kier alpha value is -1.69. The fraction of sp³-hybridized carbons (Fsp3) is 0.278. The molecule has 0 unspecified atom stereocenters. The van der Waals surface area contributed by atoms with Crippen molar-refractivity contribution in [2.75, 3.05) is 31.6 Å². The van der Waals surface area contributed by atoms with Crippen LogP contribution in [0.15, 0.2) is 58.3 Å². The number of anilines is 2. The lowest BCUT2D eigenvalue weighted by atomic mass is 10.2. The Balaban J connectivity index is 0.00000208. The average molecular weight is 364 g/mol. The molecule has 1 aliphatic heterocycles. The summed E-state index contributed by atoms with van der Waals surface area (Å²) in [7, 11) is 1.88. The zero-order valence-electron chi connectivity index (χ0n) is 13.6. The number of amides is 1. The van der Waals surface area contributed by atoms with Crippen molar-refractivity contribution in [3.63, 3.8) is 0 Å². The van der Waals surface area contributed by atoms with E-state index in [1.807, 2.05) is 19.2 Å². The quantitative estimate of drug-likeness (QED) is 0.772. The second kappa shape index (κ2) is 8.97. The van der Waals surface area contributed by atoms with Gasteiger partial charge < -0.3 is 15.5 Å². The number of fused-ring (bicyclic) bond motifs is 2. The summed E-state index contributed by atoms with van der Waals surface area (Å²) >= 11 is 1.79. The number of rotatable bonds is 6.